The smallest absolute Gasteiger partial charge is 0.238 e. The normalized spacial score (nSPS) is 10.6. The molecule has 0 aliphatic carbocycles. The van der Waals surface area contributed by atoms with E-state index in [2.05, 4.69) is 10.1 Å². The predicted octanol–water partition coefficient (Wildman–Crippen LogP) is 2.26. The highest BCUT2D eigenvalue weighted by Crippen LogP contribution is 2.29. The molecule has 0 amide bonds. The van der Waals surface area contributed by atoms with E-state index in [1.54, 1.807) is 0 Å². The Balaban J connectivity index is 2.24. The van der Waals surface area contributed by atoms with Gasteiger partial charge in [-0.15, -0.1) is 0 Å². The van der Waals surface area contributed by atoms with Crippen LogP contribution in [0.3, 0.4) is 0 Å². The summed E-state index contributed by atoms with van der Waals surface area (Å²) < 4.78 is 7.21. The SMILES string of the molecule is CCOc1nc(Sc2cc(C)nn2C)ccc1N. The van der Waals surface area contributed by atoms with E-state index in [0.717, 1.165) is 15.7 Å². The number of hydrogen-bond donors (Lipinski definition) is 1. The first-order chi connectivity index (χ1) is 8.60. The highest BCUT2D eigenvalue weighted by Gasteiger charge is 2.08. The van der Waals surface area contributed by atoms with Crippen LogP contribution in [-0.2, 0) is 7.05 Å². The number of pyridine rings is 1. The summed E-state index contributed by atoms with van der Waals surface area (Å²) in [4.78, 5) is 4.38. The van der Waals surface area contributed by atoms with E-state index in [0.29, 0.717) is 18.2 Å². The summed E-state index contributed by atoms with van der Waals surface area (Å²) >= 11 is 1.54. The average molecular weight is 264 g/mol. The number of nitrogens with two attached hydrogens (primary N) is 1. The van der Waals surface area contributed by atoms with E-state index >= 15 is 0 Å². The van der Waals surface area contributed by atoms with E-state index in [1.165, 1.54) is 11.8 Å². The van der Waals surface area contributed by atoms with Crippen LogP contribution in [0.4, 0.5) is 5.69 Å². The Labute approximate surface area is 110 Å². The van der Waals surface area contributed by atoms with Gasteiger partial charge in [0.05, 0.1) is 18.0 Å². The zero-order valence-corrected chi connectivity index (χ0v) is 11.5. The van der Waals surface area contributed by atoms with Crippen LogP contribution < -0.4 is 10.5 Å². The largest absolute Gasteiger partial charge is 0.476 e. The molecule has 2 aromatic rings. The maximum Gasteiger partial charge on any atom is 0.238 e. The van der Waals surface area contributed by atoms with E-state index in [4.69, 9.17) is 10.5 Å². The summed E-state index contributed by atoms with van der Waals surface area (Å²) in [6.07, 6.45) is 0. The summed E-state index contributed by atoms with van der Waals surface area (Å²) in [6.45, 7) is 4.42. The summed E-state index contributed by atoms with van der Waals surface area (Å²) in [5.41, 5.74) is 7.33. The topological polar surface area (TPSA) is 66.0 Å². The first-order valence-corrected chi connectivity index (χ1v) is 6.49. The van der Waals surface area contributed by atoms with Crippen molar-refractivity contribution in [2.45, 2.75) is 23.9 Å². The van der Waals surface area contributed by atoms with Crippen LogP contribution in [0.1, 0.15) is 12.6 Å². The fraction of sp³-hybridized carbons (Fsp3) is 0.333. The van der Waals surface area contributed by atoms with Crippen LogP contribution in [0, 0.1) is 6.92 Å². The number of aromatic nitrogens is 3. The summed E-state index contributed by atoms with van der Waals surface area (Å²) in [5, 5.41) is 6.17. The monoisotopic (exact) mass is 264 g/mol. The van der Waals surface area contributed by atoms with Crippen molar-refractivity contribution in [2.75, 3.05) is 12.3 Å². The average Bonchev–Trinajstić information content (AvgIpc) is 2.62. The fourth-order valence-corrected chi connectivity index (χ4v) is 2.41. The molecule has 0 atom stereocenters. The number of rotatable bonds is 4. The van der Waals surface area contributed by atoms with Crippen molar-refractivity contribution in [1.82, 2.24) is 14.8 Å². The van der Waals surface area contributed by atoms with Crippen LogP contribution in [0.5, 0.6) is 5.88 Å². The molecule has 6 heteroatoms. The van der Waals surface area contributed by atoms with Gasteiger partial charge in [-0.25, -0.2) is 4.98 Å². The molecule has 0 spiro atoms. The quantitative estimate of drug-likeness (QED) is 0.917. The van der Waals surface area contributed by atoms with Crippen molar-refractivity contribution < 1.29 is 4.74 Å². The lowest BCUT2D eigenvalue weighted by Gasteiger charge is -2.07. The van der Waals surface area contributed by atoms with Crippen molar-refractivity contribution in [2.24, 2.45) is 7.05 Å². The van der Waals surface area contributed by atoms with Crippen LogP contribution in [0.2, 0.25) is 0 Å². The molecule has 0 bridgehead atoms. The van der Waals surface area contributed by atoms with Crippen molar-refractivity contribution in [3.05, 3.63) is 23.9 Å². The molecule has 96 valence electrons. The van der Waals surface area contributed by atoms with Gasteiger partial charge in [-0.2, -0.15) is 5.10 Å². The highest BCUT2D eigenvalue weighted by atomic mass is 32.2. The Morgan fingerprint density at radius 2 is 2.22 bits per heavy atom. The number of nitrogen functional groups attached to an aromatic ring is 1. The number of aryl methyl sites for hydroxylation is 2. The van der Waals surface area contributed by atoms with Gasteiger partial charge in [-0.3, -0.25) is 4.68 Å². The first kappa shape index (κ1) is 12.8. The zero-order chi connectivity index (χ0) is 13.1. The number of ether oxygens (including phenoxy) is 1. The molecular weight excluding hydrogens is 248 g/mol. The Hall–Kier alpha value is -1.69. The van der Waals surface area contributed by atoms with Gasteiger partial charge in [0.1, 0.15) is 10.1 Å². The van der Waals surface area contributed by atoms with Gasteiger partial charge in [0.2, 0.25) is 5.88 Å². The summed E-state index contributed by atoms with van der Waals surface area (Å²) in [5.74, 6) is 0.487. The van der Waals surface area contributed by atoms with Crippen LogP contribution >= 0.6 is 11.8 Å². The third-order valence-corrected chi connectivity index (χ3v) is 3.34. The maximum absolute atomic E-state index is 5.79. The molecule has 0 aliphatic heterocycles. The molecular formula is C12H16N4OS. The van der Waals surface area contributed by atoms with Gasteiger partial charge in [0.25, 0.3) is 0 Å². The molecule has 2 N–H and O–H groups in total. The van der Waals surface area contributed by atoms with E-state index in [9.17, 15) is 0 Å². The minimum atomic E-state index is 0.487. The maximum atomic E-state index is 5.79. The second-order valence-electron chi connectivity index (χ2n) is 3.83. The van der Waals surface area contributed by atoms with E-state index in [1.807, 2.05) is 43.8 Å². The molecule has 0 unspecified atom stereocenters. The van der Waals surface area contributed by atoms with Gasteiger partial charge in [-0.1, -0.05) is 11.8 Å². The Kier molecular flexibility index (Phi) is 3.76. The molecule has 0 saturated heterocycles. The Morgan fingerprint density at radius 1 is 1.44 bits per heavy atom. The van der Waals surface area contributed by atoms with Crippen LogP contribution in [-0.4, -0.2) is 21.4 Å². The van der Waals surface area contributed by atoms with Crippen molar-refractivity contribution in [3.63, 3.8) is 0 Å². The third-order valence-electron chi connectivity index (χ3n) is 2.31. The lowest BCUT2D eigenvalue weighted by Crippen LogP contribution is -2.00. The third kappa shape index (κ3) is 2.76. The molecule has 0 radical (unpaired) electrons. The summed E-state index contributed by atoms with van der Waals surface area (Å²) in [7, 11) is 1.91. The van der Waals surface area contributed by atoms with Gasteiger partial charge in [-0.05, 0) is 32.0 Å². The highest BCUT2D eigenvalue weighted by molar-refractivity contribution is 7.99. The Bertz CT molecular complexity index is 553. The van der Waals surface area contributed by atoms with Gasteiger partial charge >= 0.3 is 0 Å². The van der Waals surface area contributed by atoms with Gasteiger partial charge in [0, 0.05) is 7.05 Å². The van der Waals surface area contributed by atoms with Gasteiger partial charge in [0.15, 0.2) is 0 Å². The molecule has 0 aromatic carbocycles. The predicted molar refractivity (Wildman–Crippen MR) is 71.9 cm³/mol. The number of anilines is 1. The summed E-state index contributed by atoms with van der Waals surface area (Å²) in [6, 6.07) is 5.71. The lowest BCUT2D eigenvalue weighted by atomic mass is 10.4. The standard InChI is InChI=1S/C12H16N4OS/c1-4-17-12-9(13)5-6-10(14-12)18-11-7-8(2)15-16(11)3/h5-7H,4,13H2,1-3H3. The van der Waals surface area contributed by atoms with Crippen molar-refractivity contribution in [3.8, 4) is 5.88 Å². The van der Waals surface area contributed by atoms with Crippen molar-refractivity contribution in [1.29, 1.82) is 0 Å². The minimum Gasteiger partial charge on any atom is -0.476 e. The number of hydrogen-bond acceptors (Lipinski definition) is 5. The van der Waals surface area contributed by atoms with E-state index < -0.39 is 0 Å². The van der Waals surface area contributed by atoms with E-state index in [-0.39, 0.29) is 0 Å². The first-order valence-electron chi connectivity index (χ1n) is 5.68. The number of nitrogens with zero attached hydrogens (tertiary/aromatic N) is 3. The molecule has 0 saturated carbocycles. The van der Waals surface area contributed by atoms with Crippen LogP contribution in [0.25, 0.3) is 0 Å². The lowest BCUT2D eigenvalue weighted by molar-refractivity contribution is 0.326. The van der Waals surface area contributed by atoms with Crippen molar-refractivity contribution >= 4 is 17.4 Å². The zero-order valence-electron chi connectivity index (χ0n) is 10.7. The molecule has 2 aromatic heterocycles. The molecule has 5 nitrogen and oxygen atoms in total. The second-order valence-corrected chi connectivity index (χ2v) is 4.87. The van der Waals surface area contributed by atoms with Gasteiger partial charge < -0.3 is 10.5 Å². The molecule has 0 aliphatic rings. The molecule has 2 heterocycles. The minimum absolute atomic E-state index is 0.487. The molecule has 0 fully saturated rings. The molecule has 18 heavy (non-hydrogen) atoms. The molecule has 2 rings (SSSR count). The fourth-order valence-electron chi connectivity index (χ4n) is 1.53. The second kappa shape index (κ2) is 5.30. The Morgan fingerprint density at radius 3 is 2.83 bits per heavy atom. The van der Waals surface area contributed by atoms with Crippen LogP contribution in [0.15, 0.2) is 28.3 Å².